The van der Waals surface area contributed by atoms with Crippen molar-refractivity contribution in [1.82, 2.24) is 0 Å². The Hall–Kier alpha value is -0.570. The van der Waals surface area contributed by atoms with Gasteiger partial charge in [-0.25, -0.2) is 0 Å². The van der Waals surface area contributed by atoms with Gasteiger partial charge in [-0.1, -0.05) is 168 Å². The van der Waals surface area contributed by atoms with Gasteiger partial charge in [0.05, 0.1) is 6.61 Å². The van der Waals surface area contributed by atoms with E-state index < -0.39 is 0 Å². The summed E-state index contributed by atoms with van der Waals surface area (Å²) in [5.74, 6) is 0.0138. The van der Waals surface area contributed by atoms with Crippen molar-refractivity contribution in [2.75, 3.05) is 19.8 Å². The van der Waals surface area contributed by atoms with Gasteiger partial charge in [-0.15, -0.1) is 0 Å². The van der Waals surface area contributed by atoms with Gasteiger partial charge in [0, 0.05) is 19.6 Å². The van der Waals surface area contributed by atoms with E-state index >= 15 is 0 Å². The molecule has 0 radical (unpaired) electrons. The van der Waals surface area contributed by atoms with Crippen LogP contribution in [0.2, 0.25) is 0 Å². The number of hydrogen-bond acceptors (Lipinski definition) is 3. The van der Waals surface area contributed by atoms with E-state index in [0.29, 0.717) is 13.0 Å². The number of carbonyl (C=O) groups excluding carboxylic acids is 1. The van der Waals surface area contributed by atoms with Crippen LogP contribution in [0.15, 0.2) is 0 Å². The van der Waals surface area contributed by atoms with Crippen molar-refractivity contribution in [1.29, 1.82) is 0 Å². The highest BCUT2D eigenvalue weighted by atomic mass is 16.5. The van der Waals surface area contributed by atoms with Gasteiger partial charge < -0.3 is 9.47 Å². The van der Waals surface area contributed by atoms with Crippen molar-refractivity contribution in [2.45, 2.75) is 200 Å². The lowest BCUT2D eigenvalue weighted by molar-refractivity contribution is -0.143. The molecule has 0 atom stereocenters. The molecule has 0 heterocycles. The fourth-order valence-electron chi connectivity index (χ4n) is 5.18. The molecule has 3 nitrogen and oxygen atoms in total. The highest BCUT2D eigenvalue weighted by molar-refractivity contribution is 5.69. The van der Waals surface area contributed by atoms with Crippen LogP contribution in [0.5, 0.6) is 0 Å². The molecule has 0 saturated carbocycles. The third-order valence-corrected chi connectivity index (χ3v) is 7.82. The van der Waals surface area contributed by atoms with Gasteiger partial charge >= 0.3 is 5.97 Å². The smallest absolute Gasteiger partial charge is 0.305 e. The third kappa shape index (κ3) is 33.5. The second-order valence-electron chi connectivity index (χ2n) is 11.8. The summed E-state index contributed by atoms with van der Waals surface area (Å²) in [6.45, 7) is 7.08. The third-order valence-electron chi connectivity index (χ3n) is 7.82. The second kappa shape index (κ2) is 34.5. The minimum atomic E-state index is 0.0138. The van der Waals surface area contributed by atoms with Crippen molar-refractivity contribution < 1.29 is 14.3 Å². The first-order valence-electron chi connectivity index (χ1n) is 17.5. The second-order valence-corrected chi connectivity index (χ2v) is 11.8. The first kappa shape index (κ1) is 37.4. The van der Waals surface area contributed by atoms with Crippen LogP contribution in [-0.4, -0.2) is 25.8 Å². The Morgan fingerprint density at radius 2 is 0.658 bits per heavy atom. The van der Waals surface area contributed by atoms with Gasteiger partial charge in [-0.2, -0.15) is 0 Å². The van der Waals surface area contributed by atoms with Gasteiger partial charge in [0.2, 0.25) is 0 Å². The monoisotopic (exact) mass is 539 g/mol. The summed E-state index contributed by atoms with van der Waals surface area (Å²) in [5.41, 5.74) is 0. The summed E-state index contributed by atoms with van der Waals surface area (Å²) in [4.78, 5) is 11.9. The van der Waals surface area contributed by atoms with Crippen molar-refractivity contribution in [3.63, 3.8) is 0 Å². The Morgan fingerprint density at radius 3 is 1.03 bits per heavy atom. The first-order valence-corrected chi connectivity index (χ1v) is 17.5. The van der Waals surface area contributed by atoms with Crippen LogP contribution in [0.1, 0.15) is 200 Å². The van der Waals surface area contributed by atoms with Crippen molar-refractivity contribution in [3.8, 4) is 0 Å². The van der Waals surface area contributed by atoms with E-state index in [1.54, 1.807) is 0 Å². The van der Waals surface area contributed by atoms with E-state index in [-0.39, 0.29) is 5.97 Å². The summed E-state index contributed by atoms with van der Waals surface area (Å²) in [6.07, 6.45) is 37.5. The molecule has 0 spiro atoms. The molecule has 0 N–H and O–H groups in total. The molecule has 0 amide bonds. The number of hydrogen-bond donors (Lipinski definition) is 0. The maximum Gasteiger partial charge on any atom is 0.305 e. The Morgan fingerprint density at radius 1 is 0.368 bits per heavy atom. The molecule has 38 heavy (non-hydrogen) atoms. The largest absolute Gasteiger partial charge is 0.466 e. The zero-order valence-electron chi connectivity index (χ0n) is 26.4. The van der Waals surface area contributed by atoms with Gasteiger partial charge in [-0.3, -0.25) is 4.79 Å². The van der Waals surface area contributed by atoms with Gasteiger partial charge in [-0.05, 0) is 25.7 Å². The summed E-state index contributed by atoms with van der Waals surface area (Å²) in [6, 6.07) is 0. The minimum Gasteiger partial charge on any atom is -0.466 e. The lowest BCUT2D eigenvalue weighted by atomic mass is 10.1. The van der Waals surface area contributed by atoms with Crippen molar-refractivity contribution in [2.24, 2.45) is 0 Å². The lowest BCUT2D eigenvalue weighted by Gasteiger charge is -2.06. The number of rotatable bonds is 33. The molecule has 0 bridgehead atoms. The SMILES string of the molecule is CCCCCCCCCCCCOCCCCCCCCCCOC(=O)CCCCCCCCCCCC. The molecule has 0 fully saturated rings. The molecule has 0 rings (SSSR count). The van der Waals surface area contributed by atoms with Crippen LogP contribution < -0.4 is 0 Å². The highest BCUT2D eigenvalue weighted by Gasteiger charge is 2.02. The molecule has 0 aliphatic heterocycles. The number of carbonyl (C=O) groups is 1. The van der Waals surface area contributed by atoms with Crippen LogP contribution >= 0.6 is 0 Å². The zero-order chi connectivity index (χ0) is 27.6. The van der Waals surface area contributed by atoms with Gasteiger partial charge in [0.1, 0.15) is 0 Å². The predicted molar refractivity (Wildman–Crippen MR) is 167 cm³/mol. The van der Waals surface area contributed by atoms with E-state index in [2.05, 4.69) is 13.8 Å². The average molecular weight is 539 g/mol. The standard InChI is InChI=1S/C35H70O3/c1-3-5-7-9-11-13-15-19-23-27-31-35(36)38-34-30-26-22-18-17-21-25-29-33-37-32-28-24-20-16-14-12-10-8-6-4-2/h3-34H2,1-2H3. The topological polar surface area (TPSA) is 35.5 Å². The normalized spacial score (nSPS) is 11.3. The summed E-state index contributed by atoms with van der Waals surface area (Å²) in [5, 5.41) is 0. The Bertz CT molecular complexity index is 437. The van der Waals surface area contributed by atoms with Crippen LogP contribution in [0, 0.1) is 0 Å². The molecule has 0 aromatic heterocycles. The summed E-state index contributed by atoms with van der Waals surface area (Å²) < 4.78 is 11.2. The van der Waals surface area contributed by atoms with E-state index in [4.69, 9.17) is 9.47 Å². The summed E-state index contributed by atoms with van der Waals surface area (Å²) in [7, 11) is 0. The summed E-state index contributed by atoms with van der Waals surface area (Å²) >= 11 is 0. The highest BCUT2D eigenvalue weighted by Crippen LogP contribution is 2.13. The van der Waals surface area contributed by atoms with E-state index in [0.717, 1.165) is 26.1 Å². The van der Waals surface area contributed by atoms with Crippen LogP contribution in [-0.2, 0) is 14.3 Å². The van der Waals surface area contributed by atoms with Crippen molar-refractivity contribution >= 4 is 5.97 Å². The maximum atomic E-state index is 11.9. The molecule has 0 aliphatic carbocycles. The average Bonchev–Trinajstić information content (AvgIpc) is 2.92. The first-order chi connectivity index (χ1) is 18.8. The molecule has 0 saturated heterocycles. The van der Waals surface area contributed by atoms with Crippen LogP contribution in [0.3, 0.4) is 0 Å². The van der Waals surface area contributed by atoms with E-state index in [9.17, 15) is 4.79 Å². The molecular formula is C35H70O3. The molecule has 0 aromatic carbocycles. The maximum absolute atomic E-state index is 11.9. The van der Waals surface area contributed by atoms with Crippen LogP contribution in [0.25, 0.3) is 0 Å². The minimum absolute atomic E-state index is 0.0138. The zero-order valence-corrected chi connectivity index (χ0v) is 26.4. The molecule has 0 aromatic rings. The number of esters is 1. The van der Waals surface area contributed by atoms with Gasteiger partial charge in [0.15, 0.2) is 0 Å². The Balaban J connectivity index is 3.12. The number of ether oxygens (including phenoxy) is 2. The predicted octanol–water partition coefficient (Wildman–Crippen LogP) is 11.9. The fourth-order valence-corrected chi connectivity index (χ4v) is 5.18. The molecule has 0 unspecified atom stereocenters. The van der Waals surface area contributed by atoms with Crippen molar-refractivity contribution in [3.05, 3.63) is 0 Å². The van der Waals surface area contributed by atoms with Crippen LogP contribution in [0.4, 0.5) is 0 Å². The molecule has 0 aliphatic rings. The molecule has 228 valence electrons. The molecule has 3 heteroatoms. The number of unbranched alkanes of at least 4 members (excludes halogenated alkanes) is 25. The van der Waals surface area contributed by atoms with E-state index in [1.165, 1.54) is 167 Å². The quantitative estimate of drug-likeness (QED) is 0.0615. The van der Waals surface area contributed by atoms with E-state index in [1.807, 2.05) is 0 Å². The fraction of sp³-hybridized carbons (Fsp3) is 0.971. The Labute approximate surface area is 240 Å². The molecular weight excluding hydrogens is 468 g/mol. The van der Waals surface area contributed by atoms with Gasteiger partial charge in [0.25, 0.3) is 0 Å². The Kier molecular flexibility index (Phi) is 33.9. The lowest BCUT2D eigenvalue weighted by Crippen LogP contribution is -2.05.